The number of aliphatic hydroxyl groups is 1. The number of hydrogen-bond acceptors (Lipinski definition) is 9. The van der Waals surface area contributed by atoms with Gasteiger partial charge in [-0.15, -0.1) is 0 Å². The fourth-order valence-electron chi connectivity index (χ4n) is 7.68. The third kappa shape index (κ3) is 5.90. The van der Waals surface area contributed by atoms with Gasteiger partial charge in [0, 0.05) is 59.2 Å². The zero-order valence-corrected chi connectivity index (χ0v) is 27.4. The molecule has 2 fully saturated rings. The number of rotatable bonds is 12. The van der Waals surface area contributed by atoms with Crippen LogP contribution >= 0.6 is 12.6 Å². The minimum absolute atomic E-state index is 0.00973. The molecule has 0 spiro atoms. The molecule has 2 saturated heterocycles. The third-order valence-electron chi connectivity index (χ3n) is 10.3. The van der Waals surface area contributed by atoms with E-state index in [0.29, 0.717) is 19.3 Å². The number of thiol groups is 1. The van der Waals surface area contributed by atoms with Gasteiger partial charge in [0.15, 0.2) is 11.5 Å². The highest BCUT2D eigenvalue weighted by atomic mass is 32.1. The summed E-state index contributed by atoms with van der Waals surface area (Å²) in [6.45, 7) is 13.8. The first-order valence-electron chi connectivity index (χ1n) is 15.6. The Morgan fingerprint density at radius 3 is 2.36 bits per heavy atom. The largest absolute Gasteiger partial charge is 0.495 e. The molecule has 0 saturated carbocycles. The minimum atomic E-state index is -0.894. The number of carboxylic acids is 2. The lowest BCUT2D eigenvalue weighted by Crippen LogP contribution is -2.36. The summed E-state index contributed by atoms with van der Waals surface area (Å²) in [7, 11) is 0. The van der Waals surface area contributed by atoms with E-state index in [4.69, 9.17) is 0 Å². The van der Waals surface area contributed by atoms with Gasteiger partial charge in [0.2, 0.25) is 5.91 Å². The molecule has 1 amide bonds. The Morgan fingerprint density at radius 1 is 1.09 bits per heavy atom. The molecule has 244 valence electrons. The van der Waals surface area contributed by atoms with E-state index in [2.05, 4.69) is 52.7 Å². The van der Waals surface area contributed by atoms with Crippen LogP contribution in [0, 0.1) is 17.8 Å². The number of fused-ring (bicyclic) bond motifs is 1. The van der Waals surface area contributed by atoms with Crippen molar-refractivity contribution in [3.63, 3.8) is 0 Å². The van der Waals surface area contributed by atoms with E-state index in [0.717, 1.165) is 39.3 Å². The van der Waals surface area contributed by atoms with Gasteiger partial charge < -0.3 is 31.3 Å². The van der Waals surface area contributed by atoms with Crippen LogP contribution in [0.25, 0.3) is 0 Å². The number of hydrazine groups is 1. The quantitative estimate of drug-likeness (QED) is 0.116. The van der Waals surface area contributed by atoms with Crippen molar-refractivity contribution < 1.29 is 29.7 Å². The molecule has 0 aromatic carbocycles. The molecule has 5 heterocycles. The van der Waals surface area contributed by atoms with Crippen LogP contribution < -0.4 is 21.4 Å². The molecule has 8 atom stereocenters. The van der Waals surface area contributed by atoms with Gasteiger partial charge in [-0.05, 0) is 67.6 Å². The second-order valence-corrected chi connectivity index (χ2v) is 13.8. The summed E-state index contributed by atoms with van der Waals surface area (Å²) < 4.78 is 0. The fraction of sp³-hybridized carbons (Fsp3) is 0.545. The molecule has 0 bridgehead atoms. The molecule has 0 aromatic heterocycles. The van der Waals surface area contributed by atoms with Crippen LogP contribution in [0.3, 0.4) is 0 Å². The van der Waals surface area contributed by atoms with Crippen LogP contribution in [0.2, 0.25) is 0 Å². The summed E-state index contributed by atoms with van der Waals surface area (Å²) in [6, 6.07) is -0.373. The Hall–Kier alpha value is -3.64. The van der Waals surface area contributed by atoms with E-state index in [9.17, 15) is 29.7 Å². The Bertz CT molecular complexity index is 1480. The van der Waals surface area contributed by atoms with Gasteiger partial charge in [-0.1, -0.05) is 33.4 Å². The average Bonchev–Trinajstić information content (AvgIpc) is 3.24. The zero-order chi connectivity index (χ0) is 33.0. The highest BCUT2D eigenvalue weighted by Gasteiger charge is 2.60. The summed E-state index contributed by atoms with van der Waals surface area (Å²) in [5.41, 5.74) is 9.02. The number of aliphatic carboxylic acids is 2. The zero-order valence-electron chi connectivity index (χ0n) is 26.5. The summed E-state index contributed by atoms with van der Waals surface area (Å²) in [6.07, 6.45) is 7.02. The molecular weight excluding hydrogens is 594 g/mol. The van der Waals surface area contributed by atoms with E-state index < -0.39 is 17.6 Å². The molecule has 45 heavy (non-hydrogen) atoms. The van der Waals surface area contributed by atoms with Gasteiger partial charge in [0.05, 0.1) is 11.7 Å². The SMILES string of the molecule is C=CC1=C(O)N[C@H](CC2N/C(=C\[C@]34NN3/C(=C/C3NC(=O)[C@H](C)[C@H]3[C@@H](C)S)C(C)=C4CCC(=O)O)C(CCC(=O)O)=C2C)C1C. The monoisotopic (exact) mass is 639 g/mol. The van der Waals surface area contributed by atoms with Crippen molar-refractivity contribution in [1.29, 1.82) is 0 Å². The van der Waals surface area contributed by atoms with Crippen molar-refractivity contribution in [2.75, 3.05) is 0 Å². The summed E-state index contributed by atoms with van der Waals surface area (Å²) in [5, 5.41) is 41.4. The second-order valence-electron chi connectivity index (χ2n) is 13.0. The first kappa shape index (κ1) is 32.7. The van der Waals surface area contributed by atoms with Crippen molar-refractivity contribution >= 4 is 30.5 Å². The van der Waals surface area contributed by atoms with Crippen LogP contribution in [0.5, 0.6) is 0 Å². The maximum Gasteiger partial charge on any atom is 0.303 e. The van der Waals surface area contributed by atoms with Crippen molar-refractivity contribution in [2.24, 2.45) is 17.8 Å². The van der Waals surface area contributed by atoms with Crippen LogP contribution in [0.15, 0.2) is 69.9 Å². The molecule has 0 aliphatic carbocycles. The number of aliphatic hydroxyl groups excluding tert-OH is 1. The molecule has 11 nitrogen and oxygen atoms in total. The lowest BCUT2D eigenvalue weighted by atomic mass is 9.88. The first-order valence-corrected chi connectivity index (χ1v) is 16.2. The second kappa shape index (κ2) is 12.3. The lowest BCUT2D eigenvalue weighted by Gasteiger charge is -2.23. The number of allylic oxidation sites excluding steroid dienone is 3. The molecule has 3 unspecified atom stereocenters. The van der Waals surface area contributed by atoms with Crippen molar-refractivity contribution in [3.8, 4) is 0 Å². The third-order valence-corrected chi connectivity index (χ3v) is 10.7. The number of carboxylic acid groups (broad SMARTS) is 2. The molecule has 5 rings (SSSR count). The molecule has 5 aliphatic heterocycles. The van der Waals surface area contributed by atoms with Gasteiger partial charge in [0.25, 0.3) is 0 Å². The maximum absolute atomic E-state index is 12.6. The average molecular weight is 640 g/mol. The Morgan fingerprint density at radius 2 is 1.76 bits per heavy atom. The standard InChI is InChI=1S/C33H45N5O6S/c1-7-20-15(2)24(35-32(20)44)12-23-16(3)21(8-10-28(39)40)26(34-23)14-33-22(9-11-29(41)42)17(4)27(38(33)37-33)13-25-30(19(6)45)18(5)31(43)36-25/h7,13-15,18-19,23-25,30,34-35,37,44-45H,1,8-12H2,2-6H3,(H,36,43)(H,39,40)(H,41,42)/b26-14-,27-13+/t15?,18-,19-,23?,24-,25?,30+,33+,38?/m1/s1. The van der Waals surface area contributed by atoms with Crippen LogP contribution in [0.1, 0.15) is 66.7 Å². The van der Waals surface area contributed by atoms with Crippen LogP contribution in [-0.4, -0.2) is 67.2 Å². The van der Waals surface area contributed by atoms with Crippen molar-refractivity contribution in [2.45, 2.75) is 95.8 Å². The molecule has 5 aliphatic rings. The molecule has 0 radical (unpaired) electrons. The summed E-state index contributed by atoms with van der Waals surface area (Å²) in [5.74, 6) is -1.81. The van der Waals surface area contributed by atoms with Gasteiger partial charge in [-0.2, -0.15) is 18.1 Å². The van der Waals surface area contributed by atoms with Crippen LogP contribution in [0.4, 0.5) is 0 Å². The minimum Gasteiger partial charge on any atom is -0.495 e. The Kier molecular flexibility index (Phi) is 8.93. The smallest absolute Gasteiger partial charge is 0.303 e. The highest BCUT2D eigenvalue weighted by Crippen LogP contribution is 2.52. The van der Waals surface area contributed by atoms with Crippen LogP contribution in [-0.2, 0) is 14.4 Å². The van der Waals surface area contributed by atoms with Gasteiger partial charge in [-0.25, -0.2) is 0 Å². The van der Waals surface area contributed by atoms with Gasteiger partial charge >= 0.3 is 11.9 Å². The summed E-state index contributed by atoms with van der Waals surface area (Å²) in [4.78, 5) is 35.9. The van der Waals surface area contributed by atoms with E-state index in [1.165, 1.54) is 0 Å². The lowest BCUT2D eigenvalue weighted by molar-refractivity contribution is -0.138. The number of carbonyl (C=O) groups is 3. The Balaban J connectivity index is 1.49. The number of hydrogen-bond donors (Lipinski definition) is 8. The number of nitrogens with zero attached hydrogens (tertiary/aromatic N) is 1. The van der Waals surface area contributed by atoms with Gasteiger partial charge in [-0.3, -0.25) is 19.4 Å². The van der Waals surface area contributed by atoms with E-state index in [1.807, 2.05) is 39.6 Å². The van der Waals surface area contributed by atoms with E-state index in [-0.39, 0.29) is 65.8 Å². The Labute approximate surface area is 269 Å². The first-order chi connectivity index (χ1) is 21.2. The maximum atomic E-state index is 12.6. The number of amides is 1. The van der Waals surface area contributed by atoms with E-state index in [1.54, 1.807) is 6.08 Å². The molecular formula is C33H45N5O6S. The molecule has 0 aromatic rings. The van der Waals surface area contributed by atoms with E-state index >= 15 is 0 Å². The number of carbonyl (C=O) groups excluding carboxylic acids is 1. The van der Waals surface area contributed by atoms with Crippen molar-refractivity contribution in [3.05, 3.63) is 69.9 Å². The normalized spacial score (nSPS) is 34.8. The number of nitrogens with one attached hydrogen (secondary N) is 4. The van der Waals surface area contributed by atoms with Crippen molar-refractivity contribution in [1.82, 2.24) is 26.4 Å². The molecule has 7 N–H and O–H groups in total. The predicted molar refractivity (Wildman–Crippen MR) is 174 cm³/mol. The highest BCUT2D eigenvalue weighted by molar-refractivity contribution is 7.80. The van der Waals surface area contributed by atoms with Gasteiger partial charge in [0.1, 0.15) is 0 Å². The molecule has 12 heteroatoms. The predicted octanol–water partition coefficient (Wildman–Crippen LogP) is 3.64. The fourth-order valence-corrected chi connectivity index (χ4v) is 8.12. The summed E-state index contributed by atoms with van der Waals surface area (Å²) >= 11 is 4.68. The topological polar surface area (TPSA) is 173 Å².